The molecule has 0 aliphatic heterocycles. The third-order valence-corrected chi connectivity index (χ3v) is 4.34. The smallest absolute Gasteiger partial charge is 0.432 e. The maximum absolute atomic E-state index is 14.5. The molecule has 0 heterocycles. The van der Waals surface area contributed by atoms with Gasteiger partial charge >= 0.3 is 12.3 Å². The van der Waals surface area contributed by atoms with E-state index in [9.17, 15) is 40.9 Å². The molecule has 3 aromatic carbocycles. The minimum absolute atomic E-state index is 0.193. The molecule has 0 saturated heterocycles. The zero-order chi connectivity index (χ0) is 23.8. The number of hydrogen-bond donors (Lipinski definition) is 2. The number of halogens is 7. The summed E-state index contributed by atoms with van der Waals surface area (Å²) in [6.45, 7) is 0. The Hall–Kier alpha value is -3.63. The summed E-state index contributed by atoms with van der Waals surface area (Å²) in [5.74, 6) is -5.53. The van der Waals surface area contributed by atoms with Gasteiger partial charge in [0.1, 0.15) is 40.2 Å². The lowest BCUT2D eigenvalue weighted by Gasteiger charge is -2.20. The third-order valence-electron chi connectivity index (χ3n) is 4.34. The van der Waals surface area contributed by atoms with E-state index in [-0.39, 0.29) is 16.9 Å². The molecule has 11 heteroatoms. The summed E-state index contributed by atoms with van der Waals surface area (Å²) in [5, 5.41) is 19.5. The van der Waals surface area contributed by atoms with Gasteiger partial charge in [-0.1, -0.05) is 0 Å². The van der Waals surface area contributed by atoms with Crippen LogP contribution in [0.25, 0.3) is 11.1 Å². The first-order chi connectivity index (χ1) is 14.8. The van der Waals surface area contributed by atoms with Gasteiger partial charge in [0.05, 0.1) is 18.2 Å². The first-order valence-electron chi connectivity index (χ1n) is 8.67. The molecular weight excluding hydrogens is 449 g/mol. The highest BCUT2D eigenvalue weighted by atomic mass is 19.4. The molecule has 3 rings (SSSR count). The van der Waals surface area contributed by atoms with E-state index in [1.165, 1.54) is 0 Å². The molecule has 0 spiro atoms. The Kier molecular flexibility index (Phi) is 5.86. The molecule has 0 aliphatic rings. The lowest BCUT2D eigenvalue weighted by Crippen LogP contribution is -2.25. The Balaban J connectivity index is 1.99. The first kappa shape index (κ1) is 23.0. The van der Waals surface area contributed by atoms with E-state index in [4.69, 9.17) is 4.74 Å². The molecule has 0 bridgehead atoms. The fourth-order valence-electron chi connectivity index (χ4n) is 2.94. The Morgan fingerprint density at radius 1 is 0.812 bits per heavy atom. The maximum Gasteiger partial charge on any atom is 0.432 e. The van der Waals surface area contributed by atoms with Gasteiger partial charge in [-0.05, 0) is 42.0 Å². The van der Waals surface area contributed by atoms with Crippen molar-refractivity contribution in [2.45, 2.75) is 12.3 Å². The Morgan fingerprint density at radius 3 is 1.88 bits per heavy atom. The van der Waals surface area contributed by atoms with Gasteiger partial charge in [-0.2, -0.15) is 22.0 Å². The van der Waals surface area contributed by atoms with Crippen LogP contribution in [0.5, 0.6) is 23.0 Å². The Morgan fingerprint density at radius 2 is 1.38 bits per heavy atom. The summed E-state index contributed by atoms with van der Waals surface area (Å²) in [6.07, 6.45) is -9.30. The molecule has 0 amide bonds. The predicted molar refractivity (Wildman–Crippen MR) is 97.6 cm³/mol. The standard InChI is InChI=1S/C21H13F7O4/c1-31-17-9-12(29)8-16(30)18(17)10-6-14(22)19(15(23)7-10)21(27,28)32-13-4-2-11(3-5-13)20(24,25)26/h2-9,29-30H,1H3. The summed E-state index contributed by atoms with van der Waals surface area (Å²) in [4.78, 5) is 0. The third kappa shape index (κ3) is 4.51. The van der Waals surface area contributed by atoms with Crippen LogP contribution in [-0.2, 0) is 12.3 Å². The second kappa shape index (κ2) is 8.13. The monoisotopic (exact) mass is 462 g/mol. The minimum Gasteiger partial charge on any atom is -0.508 e. The number of methoxy groups -OCH3 is 1. The predicted octanol–water partition coefficient (Wildman–Crippen LogP) is 6.20. The van der Waals surface area contributed by atoms with Gasteiger partial charge in [-0.15, -0.1) is 0 Å². The second-order valence-corrected chi connectivity index (χ2v) is 6.50. The highest BCUT2D eigenvalue weighted by Gasteiger charge is 2.41. The molecular formula is C21H13F7O4. The molecule has 0 fully saturated rings. The molecule has 0 aliphatic carbocycles. The van der Waals surface area contributed by atoms with Crippen LogP contribution in [0.3, 0.4) is 0 Å². The topological polar surface area (TPSA) is 58.9 Å². The van der Waals surface area contributed by atoms with Crippen LogP contribution in [0.15, 0.2) is 48.5 Å². The van der Waals surface area contributed by atoms with Gasteiger partial charge in [0.25, 0.3) is 0 Å². The highest BCUT2D eigenvalue weighted by molar-refractivity contribution is 5.78. The van der Waals surface area contributed by atoms with Crippen LogP contribution in [0.4, 0.5) is 30.7 Å². The van der Waals surface area contributed by atoms with Crippen molar-refractivity contribution in [3.63, 3.8) is 0 Å². The minimum atomic E-state index is -4.71. The van der Waals surface area contributed by atoms with Crippen LogP contribution in [0.1, 0.15) is 11.1 Å². The van der Waals surface area contributed by atoms with E-state index in [2.05, 4.69) is 4.74 Å². The number of hydrogen-bond acceptors (Lipinski definition) is 4. The number of rotatable bonds is 5. The molecule has 4 nitrogen and oxygen atoms in total. The molecule has 0 unspecified atom stereocenters. The molecule has 170 valence electrons. The van der Waals surface area contributed by atoms with Crippen LogP contribution in [0, 0.1) is 11.6 Å². The number of ether oxygens (including phenoxy) is 2. The fourth-order valence-corrected chi connectivity index (χ4v) is 2.94. The molecule has 2 N–H and O–H groups in total. The highest BCUT2D eigenvalue weighted by Crippen LogP contribution is 2.43. The maximum atomic E-state index is 14.5. The fraction of sp³-hybridized carbons (Fsp3) is 0.143. The van der Waals surface area contributed by atoms with Gasteiger partial charge < -0.3 is 19.7 Å². The zero-order valence-corrected chi connectivity index (χ0v) is 16.0. The number of phenolic OH excluding ortho intramolecular Hbond substituents is 2. The van der Waals surface area contributed by atoms with Crippen molar-refractivity contribution in [1.29, 1.82) is 0 Å². The summed E-state index contributed by atoms with van der Waals surface area (Å²) in [5.41, 5.74) is -3.58. The van der Waals surface area contributed by atoms with Crippen LogP contribution in [-0.4, -0.2) is 17.3 Å². The lowest BCUT2D eigenvalue weighted by atomic mass is 10.00. The second-order valence-electron chi connectivity index (χ2n) is 6.50. The lowest BCUT2D eigenvalue weighted by molar-refractivity contribution is -0.189. The SMILES string of the molecule is COc1cc(O)cc(O)c1-c1cc(F)c(C(F)(F)Oc2ccc(C(F)(F)F)cc2)c(F)c1. The van der Waals surface area contributed by atoms with Crippen molar-refractivity contribution in [1.82, 2.24) is 0 Å². The Labute approximate surface area is 176 Å². The summed E-state index contributed by atoms with van der Waals surface area (Å²) in [6, 6.07) is 4.96. The number of phenols is 2. The van der Waals surface area contributed by atoms with Crippen LogP contribution in [0.2, 0.25) is 0 Å². The quantitative estimate of drug-likeness (QED) is 0.444. The van der Waals surface area contributed by atoms with Gasteiger partial charge in [0.2, 0.25) is 0 Å². The van der Waals surface area contributed by atoms with Crippen molar-refractivity contribution in [2.24, 2.45) is 0 Å². The van der Waals surface area contributed by atoms with Crippen molar-refractivity contribution < 1.29 is 50.4 Å². The first-order valence-corrected chi connectivity index (χ1v) is 8.67. The van der Waals surface area contributed by atoms with Gasteiger partial charge in [0.15, 0.2) is 0 Å². The summed E-state index contributed by atoms with van der Waals surface area (Å²) < 4.78 is 105. The molecule has 32 heavy (non-hydrogen) atoms. The molecule has 0 atom stereocenters. The van der Waals surface area contributed by atoms with E-state index in [0.717, 1.165) is 19.2 Å². The van der Waals surface area contributed by atoms with E-state index in [1.54, 1.807) is 0 Å². The zero-order valence-electron chi connectivity index (χ0n) is 16.0. The Bertz CT molecular complexity index is 1120. The number of benzene rings is 3. The summed E-state index contributed by atoms with van der Waals surface area (Å²) in [7, 11) is 1.14. The molecule has 0 saturated carbocycles. The normalized spacial score (nSPS) is 12.0. The van der Waals surface area contributed by atoms with Gasteiger partial charge in [-0.3, -0.25) is 0 Å². The van der Waals surface area contributed by atoms with Gasteiger partial charge in [-0.25, -0.2) is 8.78 Å². The summed E-state index contributed by atoms with van der Waals surface area (Å²) >= 11 is 0. The van der Waals surface area contributed by atoms with Crippen molar-refractivity contribution in [3.8, 4) is 34.1 Å². The van der Waals surface area contributed by atoms with Crippen LogP contribution >= 0.6 is 0 Å². The van der Waals surface area contributed by atoms with E-state index in [0.29, 0.717) is 36.4 Å². The average molecular weight is 462 g/mol. The molecule has 0 aromatic heterocycles. The number of alkyl halides is 5. The largest absolute Gasteiger partial charge is 0.508 e. The van der Waals surface area contributed by atoms with Crippen molar-refractivity contribution in [3.05, 3.63) is 71.3 Å². The van der Waals surface area contributed by atoms with Crippen molar-refractivity contribution >= 4 is 0 Å². The number of aromatic hydroxyl groups is 2. The molecule has 3 aromatic rings. The van der Waals surface area contributed by atoms with Gasteiger partial charge in [0, 0.05) is 12.1 Å². The van der Waals surface area contributed by atoms with Crippen LogP contribution < -0.4 is 9.47 Å². The van der Waals surface area contributed by atoms with E-state index in [1.807, 2.05) is 0 Å². The molecule has 0 radical (unpaired) electrons. The van der Waals surface area contributed by atoms with E-state index < -0.39 is 52.3 Å². The van der Waals surface area contributed by atoms with Crippen molar-refractivity contribution in [2.75, 3.05) is 7.11 Å². The van der Waals surface area contributed by atoms with E-state index >= 15 is 0 Å². The average Bonchev–Trinajstić information content (AvgIpc) is 2.65.